The number of halogens is 3. The molecule has 0 radical (unpaired) electrons. The fourth-order valence-corrected chi connectivity index (χ4v) is 3.53. The van der Waals surface area contributed by atoms with E-state index in [0.717, 1.165) is 23.0 Å². The lowest BCUT2D eigenvalue weighted by atomic mass is 10.0. The Morgan fingerprint density at radius 1 is 1.31 bits per heavy atom. The van der Waals surface area contributed by atoms with Crippen LogP contribution in [0.4, 0.5) is 13.2 Å². The second-order valence-corrected chi connectivity index (χ2v) is 6.85. The van der Waals surface area contributed by atoms with Gasteiger partial charge in [0.05, 0.1) is 11.3 Å². The molecular formula is C19H22F3N3O. The Morgan fingerprint density at radius 2 is 2.00 bits per heavy atom. The maximum atomic E-state index is 13.1. The van der Waals surface area contributed by atoms with E-state index in [1.165, 1.54) is 12.1 Å². The summed E-state index contributed by atoms with van der Waals surface area (Å²) in [5.74, 6) is -0.907. The molecule has 1 aromatic heterocycles. The van der Waals surface area contributed by atoms with Gasteiger partial charge in [-0.1, -0.05) is 18.2 Å². The molecule has 1 heterocycles. The SMILES string of the molecule is Cc1nn(C)c(C)c1CCNC(=O)[C@@H]1C[C@@H]1c1ccccc1C(F)(F)F. The molecule has 0 aliphatic heterocycles. The van der Waals surface area contributed by atoms with Gasteiger partial charge >= 0.3 is 6.18 Å². The van der Waals surface area contributed by atoms with E-state index in [-0.39, 0.29) is 23.3 Å². The number of hydrogen-bond donors (Lipinski definition) is 1. The van der Waals surface area contributed by atoms with Crippen molar-refractivity contribution in [1.29, 1.82) is 0 Å². The van der Waals surface area contributed by atoms with E-state index in [9.17, 15) is 18.0 Å². The fourth-order valence-electron chi connectivity index (χ4n) is 3.53. The Hall–Kier alpha value is -2.31. The first-order chi connectivity index (χ1) is 12.2. The van der Waals surface area contributed by atoms with Crippen LogP contribution in [-0.2, 0) is 24.4 Å². The number of aryl methyl sites for hydroxylation is 2. The fraction of sp³-hybridized carbons (Fsp3) is 0.474. The summed E-state index contributed by atoms with van der Waals surface area (Å²) in [6, 6.07) is 5.52. The van der Waals surface area contributed by atoms with Crippen LogP contribution >= 0.6 is 0 Å². The number of aromatic nitrogens is 2. The van der Waals surface area contributed by atoms with Gasteiger partial charge in [-0.2, -0.15) is 18.3 Å². The minimum Gasteiger partial charge on any atom is -0.356 e. The van der Waals surface area contributed by atoms with Crippen molar-refractivity contribution in [2.24, 2.45) is 13.0 Å². The van der Waals surface area contributed by atoms with E-state index in [1.54, 1.807) is 10.7 Å². The molecule has 0 spiro atoms. The molecule has 2 atom stereocenters. The van der Waals surface area contributed by atoms with E-state index >= 15 is 0 Å². The molecule has 0 bridgehead atoms. The number of nitrogens with one attached hydrogen (secondary N) is 1. The minimum atomic E-state index is -4.39. The van der Waals surface area contributed by atoms with Crippen molar-refractivity contribution in [3.8, 4) is 0 Å². The molecule has 3 rings (SSSR count). The maximum Gasteiger partial charge on any atom is 0.416 e. The van der Waals surface area contributed by atoms with Crippen molar-refractivity contribution in [3.63, 3.8) is 0 Å². The van der Waals surface area contributed by atoms with Crippen LogP contribution in [0.3, 0.4) is 0 Å². The Morgan fingerprint density at radius 3 is 2.62 bits per heavy atom. The van der Waals surface area contributed by atoms with Gasteiger partial charge in [-0.25, -0.2) is 0 Å². The van der Waals surface area contributed by atoms with Gasteiger partial charge in [0.2, 0.25) is 5.91 Å². The summed E-state index contributed by atoms with van der Waals surface area (Å²) >= 11 is 0. The van der Waals surface area contributed by atoms with Crippen molar-refractivity contribution >= 4 is 5.91 Å². The molecule has 1 aliphatic rings. The average Bonchev–Trinajstić information content (AvgIpc) is 3.33. The van der Waals surface area contributed by atoms with Gasteiger partial charge in [0, 0.05) is 25.2 Å². The van der Waals surface area contributed by atoms with Crippen molar-refractivity contribution in [3.05, 3.63) is 52.3 Å². The van der Waals surface area contributed by atoms with E-state index in [1.807, 2.05) is 20.9 Å². The van der Waals surface area contributed by atoms with Gasteiger partial charge in [-0.3, -0.25) is 9.48 Å². The highest BCUT2D eigenvalue weighted by atomic mass is 19.4. The van der Waals surface area contributed by atoms with Gasteiger partial charge in [-0.15, -0.1) is 0 Å². The Labute approximate surface area is 150 Å². The standard InChI is InChI=1S/C19H22F3N3O/c1-11-13(12(2)25(3)24-11)8-9-23-18(26)16-10-15(16)14-6-4-5-7-17(14)19(20,21)22/h4-7,15-16H,8-10H2,1-3H3,(H,23,26)/t15-,16-/m1/s1. The summed E-state index contributed by atoms with van der Waals surface area (Å²) in [4.78, 5) is 12.3. The lowest BCUT2D eigenvalue weighted by Crippen LogP contribution is -2.28. The largest absolute Gasteiger partial charge is 0.416 e. The highest BCUT2D eigenvalue weighted by molar-refractivity contribution is 5.83. The molecule has 4 nitrogen and oxygen atoms in total. The molecule has 2 aromatic rings. The van der Waals surface area contributed by atoms with Gasteiger partial charge in [0.15, 0.2) is 0 Å². The molecule has 1 amide bonds. The first kappa shape index (κ1) is 18.5. The second-order valence-electron chi connectivity index (χ2n) is 6.85. The molecule has 0 unspecified atom stereocenters. The number of carbonyl (C=O) groups is 1. The van der Waals surface area contributed by atoms with Gasteiger partial charge < -0.3 is 5.32 Å². The van der Waals surface area contributed by atoms with E-state index in [4.69, 9.17) is 0 Å². The van der Waals surface area contributed by atoms with Crippen LogP contribution in [0.5, 0.6) is 0 Å². The molecule has 26 heavy (non-hydrogen) atoms. The van der Waals surface area contributed by atoms with E-state index < -0.39 is 11.7 Å². The molecule has 1 saturated carbocycles. The third kappa shape index (κ3) is 3.61. The topological polar surface area (TPSA) is 46.9 Å². The average molecular weight is 365 g/mol. The molecule has 1 aromatic carbocycles. The first-order valence-corrected chi connectivity index (χ1v) is 8.63. The smallest absolute Gasteiger partial charge is 0.356 e. The Bertz CT molecular complexity index is 826. The van der Waals surface area contributed by atoms with Crippen molar-refractivity contribution in [2.75, 3.05) is 6.54 Å². The summed E-state index contributed by atoms with van der Waals surface area (Å²) in [6.07, 6.45) is -3.27. The number of alkyl halides is 3. The van der Waals surface area contributed by atoms with Crippen molar-refractivity contribution in [1.82, 2.24) is 15.1 Å². The lowest BCUT2D eigenvalue weighted by Gasteiger charge is -2.12. The third-order valence-corrected chi connectivity index (χ3v) is 5.13. The Kier molecular flexibility index (Phi) is 4.82. The van der Waals surface area contributed by atoms with Crippen LogP contribution in [0.2, 0.25) is 0 Å². The number of nitrogens with zero attached hydrogens (tertiary/aromatic N) is 2. The predicted molar refractivity (Wildman–Crippen MR) is 91.7 cm³/mol. The highest BCUT2D eigenvalue weighted by Crippen LogP contribution is 2.51. The summed E-state index contributed by atoms with van der Waals surface area (Å²) in [5.41, 5.74) is 2.67. The summed E-state index contributed by atoms with van der Waals surface area (Å²) in [6.45, 7) is 4.35. The second kappa shape index (κ2) is 6.78. The minimum absolute atomic E-state index is 0.175. The van der Waals surface area contributed by atoms with Crippen molar-refractivity contribution in [2.45, 2.75) is 38.8 Å². The third-order valence-electron chi connectivity index (χ3n) is 5.13. The van der Waals surface area contributed by atoms with Crippen LogP contribution < -0.4 is 5.32 Å². The predicted octanol–water partition coefficient (Wildman–Crippen LogP) is 3.52. The van der Waals surface area contributed by atoms with Gasteiger partial charge in [0.1, 0.15) is 0 Å². The van der Waals surface area contributed by atoms with Crippen LogP contribution in [0.25, 0.3) is 0 Å². The highest BCUT2D eigenvalue weighted by Gasteiger charge is 2.47. The summed E-state index contributed by atoms with van der Waals surface area (Å²) in [7, 11) is 1.87. The first-order valence-electron chi connectivity index (χ1n) is 8.63. The Balaban J connectivity index is 1.59. The lowest BCUT2D eigenvalue weighted by molar-refractivity contribution is -0.138. The summed E-state index contributed by atoms with van der Waals surface area (Å²) < 4.78 is 41.2. The van der Waals surface area contributed by atoms with Gasteiger partial charge in [-0.05, 0) is 49.8 Å². The number of benzene rings is 1. The molecule has 1 fully saturated rings. The van der Waals surface area contributed by atoms with Crippen LogP contribution in [-0.4, -0.2) is 22.2 Å². The molecular weight excluding hydrogens is 343 g/mol. The zero-order valence-corrected chi connectivity index (χ0v) is 15.0. The monoisotopic (exact) mass is 365 g/mol. The summed E-state index contributed by atoms with van der Waals surface area (Å²) in [5, 5.41) is 7.20. The molecule has 0 saturated heterocycles. The maximum absolute atomic E-state index is 13.1. The number of carbonyl (C=O) groups excluding carboxylic acids is 1. The van der Waals surface area contributed by atoms with Gasteiger partial charge in [0.25, 0.3) is 0 Å². The normalized spacial score (nSPS) is 19.5. The van der Waals surface area contributed by atoms with E-state index in [2.05, 4.69) is 10.4 Å². The number of amides is 1. The van der Waals surface area contributed by atoms with Crippen LogP contribution in [0, 0.1) is 19.8 Å². The molecule has 1 aliphatic carbocycles. The number of hydrogen-bond acceptors (Lipinski definition) is 2. The zero-order valence-electron chi connectivity index (χ0n) is 15.0. The van der Waals surface area contributed by atoms with Crippen LogP contribution in [0.15, 0.2) is 24.3 Å². The van der Waals surface area contributed by atoms with Crippen LogP contribution in [0.1, 0.15) is 40.4 Å². The zero-order chi connectivity index (χ0) is 19.1. The molecule has 140 valence electrons. The van der Waals surface area contributed by atoms with Crippen molar-refractivity contribution < 1.29 is 18.0 Å². The quantitative estimate of drug-likeness (QED) is 0.881. The number of rotatable bonds is 5. The molecule has 1 N–H and O–H groups in total. The molecule has 7 heteroatoms. The van der Waals surface area contributed by atoms with E-state index in [0.29, 0.717) is 19.4 Å².